The zero-order valence-electron chi connectivity index (χ0n) is 12.9. The summed E-state index contributed by atoms with van der Waals surface area (Å²) in [4.78, 5) is 35.3. The van der Waals surface area contributed by atoms with Crippen LogP contribution in [0.4, 0.5) is 10.5 Å². The van der Waals surface area contributed by atoms with Crippen molar-refractivity contribution in [3.8, 4) is 5.75 Å². The number of carbonyl (C=O) groups excluding carboxylic acids is 3. The van der Waals surface area contributed by atoms with Gasteiger partial charge in [-0.1, -0.05) is 6.07 Å². The first kappa shape index (κ1) is 17.5. The van der Waals surface area contributed by atoms with Gasteiger partial charge in [-0.15, -0.1) is 0 Å². The van der Waals surface area contributed by atoms with Crippen LogP contribution in [-0.2, 0) is 14.3 Å². The van der Waals surface area contributed by atoms with Crippen LogP contribution in [0.1, 0.15) is 38.1 Å². The Bertz CT molecular complexity index is 588. The van der Waals surface area contributed by atoms with E-state index in [0.717, 1.165) is 0 Å². The number of hydrogen-bond acceptors (Lipinski definition) is 6. The minimum atomic E-state index is -1.07. The van der Waals surface area contributed by atoms with Gasteiger partial charge in [0.2, 0.25) is 0 Å². The summed E-state index contributed by atoms with van der Waals surface area (Å²) >= 11 is 0. The van der Waals surface area contributed by atoms with E-state index in [-0.39, 0.29) is 23.6 Å². The van der Waals surface area contributed by atoms with E-state index in [9.17, 15) is 19.5 Å². The number of rotatable bonds is 4. The predicted octanol–water partition coefficient (Wildman–Crippen LogP) is 2.49. The van der Waals surface area contributed by atoms with Crippen LogP contribution in [0, 0.1) is 0 Å². The number of para-hydroxylation sites is 1. The Kier molecular flexibility index (Phi) is 5.50. The van der Waals surface area contributed by atoms with Gasteiger partial charge in [0, 0.05) is 0 Å². The highest BCUT2D eigenvalue weighted by atomic mass is 16.6. The number of hydrogen-bond donors (Lipinski definition) is 2. The summed E-state index contributed by atoms with van der Waals surface area (Å²) in [6.07, 6.45) is -0.855. The van der Waals surface area contributed by atoms with E-state index in [4.69, 9.17) is 4.74 Å². The number of amides is 1. The highest BCUT2D eigenvalue weighted by molar-refractivity contribution is 6.42. The molecule has 0 unspecified atom stereocenters. The summed E-state index contributed by atoms with van der Waals surface area (Å²) in [5.41, 5.74) is -1.13. The molecule has 7 heteroatoms. The standard InChI is InChI=1S/C15H19NO6/c1-5-21-13(19)12(18)9-7-6-8-10(17)11(9)16-14(20)22-15(2,3)4/h6-8,17H,5H2,1-4H3,(H,16,20). The molecule has 0 spiro atoms. The predicted molar refractivity (Wildman–Crippen MR) is 78.9 cm³/mol. The van der Waals surface area contributed by atoms with Crippen molar-refractivity contribution in [2.24, 2.45) is 0 Å². The molecular formula is C15H19NO6. The van der Waals surface area contributed by atoms with Crippen molar-refractivity contribution in [1.82, 2.24) is 0 Å². The lowest BCUT2D eigenvalue weighted by Gasteiger charge is -2.20. The fraction of sp³-hybridized carbons (Fsp3) is 0.400. The van der Waals surface area contributed by atoms with Gasteiger partial charge in [-0.25, -0.2) is 9.59 Å². The van der Waals surface area contributed by atoms with Gasteiger partial charge in [0.05, 0.1) is 17.9 Å². The monoisotopic (exact) mass is 309 g/mol. The normalized spacial score (nSPS) is 10.7. The Morgan fingerprint density at radius 2 is 1.86 bits per heavy atom. The highest BCUT2D eigenvalue weighted by Gasteiger charge is 2.25. The lowest BCUT2D eigenvalue weighted by Crippen LogP contribution is -2.28. The van der Waals surface area contributed by atoms with Crippen LogP contribution in [0.5, 0.6) is 5.75 Å². The van der Waals surface area contributed by atoms with Crippen molar-refractivity contribution in [3.05, 3.63) is 23.8 Å². The van der Waals surface area contributed by atoms with Crippen LogP contribution < -0.4 is 5.32 Å². The third-order valence-corrected chi connectivity index (χ3v) is 2.37. The number of esters is 1. The Balaban J connectivity index is 3.07. The van der Waals surface area contributed by atoms with Gasteiger partial charge in [0.1, 0.15) is 11.4 Å². The summed E-state index contributed by atoms with van der Waals surface area (Å²) in [7, 11) is 0. The Labute approximate surface area is 128 Å². The molecule has 1 aromatic carbocycles. The summed E-state index contributed by atoms with van der Waals surface area (Å²) in [6.45, 7) is 6.61. The first-order chi connectivity index (χ1) is 10.2. The fourth-order valence-electron chi connectivity index (χ4n) is 1.57. The van der Waals surface area contributed by atoms with Crippen molar-refractivity contribution in [2.45, 2.75) is 33.3 Å². The largest absolute Gasteiger partial charge is 0.506 e. The van der Waals surface area contributed by atoms with Crippen molar-refractivity contribution >= 4 is 23.5 Å². The van der Waals surface area contributed by atoms with Crippen LogP contribution in [0.2, 0.25) is 0 Å². The summed E-state index contributed by atoms with van der Waals surface area (Å²) in [5.74, 6) is -2.40. The number of benzene rings is 1. The van der Waals surface area contributed by atoms with E-state index in [1.165, 1.54) is 18.2 Å². The van der Waals surface area contributed by atoms with Crippen LogP contribution in [-0.4, -0.2) is 35.2 Å². The van der Waals surface area contributed by atoms with Crippen LogP contribution in [0.15, 0.2) is 18.2 Å². The highest BCUT2D eigenvalue weighted by Crippen LogP contribution is 2.28. The number of ketones is 1. The van der Waals surface area contributed by atoms with Gasteiger partial charge in [-0.2, -0.15) is 0 Å². The first-order valence-corrected chi connectivity index (χ1v) is 6.69. The lowest BCUT2D eigenvalue weighted by molar-refractivity contribution is -0.137. The number of anilines is 1. The minimum absolute atomic E-state index is 0.0399. The average molecular weight is 309 g/mol. The minimum Gasteiger partial charge on any atom is -0.506 e. The van der Waals surface area contributed by atoms with Gasteiger partial charge in [-0.3, -0.25) is 10.1 Å². The molecule has 0 atom stereocenters. The number of aromatic hydroxyl groups is 1. The quantitative estimate of drug-likeness (QED) is 0.383. The SMILES string of the molecule is CCOC(=O)C(=O)c1cccc(O)c1NC(=O)OC(C)(C)C. The smallest absolute Gasteiger partial charge is 0.412 e. The molecule has 0 aromatic heterocycles. The van der Waals surface area contributed by atoms with E-state index >= 15 is 0 Å². The number of phenols is 1. The van der Waals surface area contributed by atoms with E-state index in [2.05, 4.69) is 10.1 Å². The zero-order chi connectivity index (χ0) is 16.9. The second kappa shape index (κ2) is 6.93. The first-order valence-electron chi connectivity index (χ1n) is 6.69. The molecule has 0 heterocycles. The molecule has 0 aliphatic heterocycles. The summed E-state index contributed by atoms with van der Waals surface area (Å²) in [5, 5.41) is 12.1. The topological polar surface area (TPSA) is 102 Å². The average Bonchev–Trinajstić information content (AvgIpc) is 2.38. The molecule has 7 nitrogen and oxygen atoms in total. The van der Waals surface area contributed by atoms with Gasteiger partial charge in [0.25, 0.3) is 5.78 Å². The third-order valence-electron chi connectivity index (χ3n) is 2.37. The summed E-state index contributed by atoms with van der Waals surface area (Å²) in [6, 6.07) is 3.95. The van der Waals surface area contributed by atoms with Gasteiger partial charge >= 0.3 is 12.1 Å². The number of carbonyl (C=O) groups is 3. The molecule has 0 aliphatic carbocycles. The molecule has 0 aliphatic rings. The lowest BCUT2D eigenvalue weighted by atomic mass is 10.1. The number of Topliss-reactive ketones (excluding diaryl/α,β-unsaturated/α-hetero) is 1. The molecule has 0 bridgehead atoms. The van der Waals surface area contributed by atoms with E-state index in [1.54, 1.807) is 27.7 Å². The maximum atomic E-state index is 12.0. The number of phenolic OH excluding ortho intramolecular Hbond substituents is 1. The van der Waals surface area contributed by atoms with Crippen molar-refractivity contribution in [3.63, 3.8) is 0 Å². The Morgan fingerprint density at radius 3 is 2.41 bits per heavy atom. The van der Waals surface area contributed by atoms with Crippen molar-refractivity contribution in [2.75, 3.05) is 11.9 Å². The van der Waals surface area contributed by atoms with Crippen molar-refractivity contribution in [1.29, 1.82) is 0 Å². The molecule has 0 saturated carbocycles. The second-order valence-electron chi connectivity index (χ2n) is 5.38. The molecule has 0 saturated heterocycles. The molecule has 1 aromatic rings. The molecule has 22 heavy (non-hydrogen) atoms. The van der Waals surface area contributed by atoms with Gasteiger partial charge in [0.15, 0.2) is 0 Å². The number of ether oxygens (including phenoxy) is 2. The van der Waals surface area contributed by atoms with Gasteiger partial charge in [-0.05, 0) is 39.8 Å². The van der Waals surface area contributed by atoms with E-state index in [0.29, 0.717) is 0 Å². The second-order valence-corrected chi connectivity index (χ2v) is 5.38. The number of nitrogens with one attached hydrogen (secondary N) is 1. The maximum Gasteiger partial charge on any atom is 0.412 e. The van der Waals surface area contributed by atoms with Crippen LogP contribution >= 0.6 is 0 Å². The van der Waals surface area contributed by atoms with E-state index in [1.807, 2.05) is 0 Å². The molecule has 2 N–H and O–H groups in total. The molecular weight excluding hydrogens is 290 g/mol. The molecule has 1 amide bonds. The van der Waals surface area contributed by atoms with E-state index < -0.39 is 23.4 Å². The molecule has 0 radical (unpaired) electrons. The Hall–Kier alpha value is -2.57. The third kappa shape index (κ3) is 4.76. The molecule has 1 rings (SSSR count). The summed E-state index contributed by atoms with van der Waals surface area (Å²) < 4.78 is 9.68. The zero-order valence-corrected chi connectivity index (χ0v) is 12.9. The fourth-order valence-corrected chi connectivity index (χ4v) is 1.57. The maximum absolute atomic E-state index is 12.0. The van der Waals surface area contributed by atoms with Gasteiger partial charge < -0.3 is 14.6 Å². The van der Waals surface area contributed by atoms with Crippen LogP contribution in [0.3, 0.4) is 0 Å². The Morgan fingerprint density at radius 1 is 1.23 bits per heavy atom. The van der Waals surface area contributed by atoms with Crippen molar-refractivity contribution < 1.29 is 29.0 Å². The molecule has 120 valence electrons. The molecule has 0 fully saturated rings. The van der Waals surface area contributed by atoms with Crippen LogP contribution in [0.25, 0.3) is 0 Å².